The molecule has 0 radical (unpaired) electrons. The first-order chi connectivity index (χ1) is 6.72. The van der Waals surface area contributed by atoms with Gasteiger partial charge in [0.15, 0.2) is 0 Å². The molecule has 78 valence electrons. The fraction of sp³-hybridized carbons (Fsp3) is 0.727. The Morgan fingerprint density at radius 3 is 2.86 bits per heavy atom. The van der Waals surface area contributed by atoms with Gasteiger partial charge < -0.3 is 5.73 Å². The molecule has 1 atom stereocenters. The first kappa shape index (κ1) is 9.97. The molecule has 1 aromatic heterocycles. The van der Waals surface area contributed by atoms with Gasteiger partial charge in [0.05, 0.1) is 10.7 Å². The smallest absolute Gasteiger partial charge is 0.110 e. The molecular weight excluding hydrogens is 192 g/mol. The van der Waals surface area contributed by atoms with Crippen molar-refractivity contribution in [1.82, 2.24) is 4.98 Å². The minimum absolute atomic E-state index is 0.531. The van der Waals surface area contributed by atoms with E-state index in [0.717, 1.165) is 16.6 Å². The van der Waals surface area contributed by atoms with Crippen molar-refractivity contribution in [1.29, 1.82) is 0 Å². The van der Waals surface area contributed by atoms with Gasteiger partial charge in [-0.2, -0.15) is 0 Å². The second kappa shape index (κ2) is 3.89. The normalized spacial score (nSPS) is 18.4. The van der Waals surface area contributed by atoms with Gasteiger partial charge in [-0.05, 0) is 19.3 Å². The van der Waals surface area contributed by atoms with Crippen molar-refractivity contribution in [3.8, 4) is 0 Å². The maximum atomic E-state index is 5.99. The van der Waals surface area contributed by atoms with Gasteiger partial charge in [0.2, 0.25) is 0 Å². The highest BCUT2D eigenvalue weighted by Gasteiger charge is 2.28. The average molecular weight is 210 g/mol. The minimum Gasteiger partial charge on any atom is -0.389 e. The summed E-state index contributed by atoms with van der Waals surface area (Å²) in [5.74, 6) is 1.27. The monoisotopic (exact) mass is 210 g/mol. The lowest BCUT2D eigenvalue weighted by Gasteiger charge is -2.06. The molecule has 0 aromatic carbocycles. The number of thiazole rings is 1. The van der Waals surface area contributed by atoms with E-state index in [4.69, 9.17) is 5.73 Å². The number of aromatic nitrogens is 1. The molecule has 1 aromatic rings. The Bertz CT molecular complexity index is 315. The van der Waals surface area contributed by atoms with Crippen molar-refractivity contribution in [2.75, 3.05) is 5.73 Å². The van der Waals surface area contributed by atoms with Crippen molar-refractivity contribution in [2.24, 2.45) is 0 Å². The van der Waals surface area contributed by atoms with Crippen LogP contribution in [0.4, 0.5) is 5.00 Å². The summed E-state index contributed by atoms with van der Waals surface area (Å²) in [6, 6.07) is 0. The van der Waals surface area contributed by atoms with Gasteiger partial charge >= 0.3 is 0 Å². The third kappa shape index (κ3) is 1.92. The van der Waals surface area contributed by atoms with Gasteiger partial charge in [-0.25, -0.2) is 4.98 Å². The Morgan fingerprint density at radius 2 is 2.29 bits per heavy atom. The molecule has 1 heterocycles. The van der Waals surface area contributed by atoms with Crippen LogP contribution in [0.3, 0.4) is 0 Å². The second-order valence-electron chi connectivity index (χ2n) is 4.27. The van der Waals surface area contributed by atoms with E-state index in [-0.39, 0.29) is 0 Å². The zero-order chi connectivity index (χ0) is 10.1. The number of rotatable bonds is 4. The Labute approximate surface area is 89.5 Å². The minimum atomic E-state index is 0.531. The lowest BCUT2D eigenvalue weighted by Crippen LogP contribution is -1.97. The summed E-state index contributed by atoms with van der Waals surface area (Å²) in [7, 11) is 0. The summed E-state index contributed by atoms with van der Waals surface area (Å²) in [5, 5.41) is 2.23. The van der Waals surface area contributed by atoms with Crippen LogP contribution in [0.2, 0.25) is 0 Å². The zero-order valence-electron chi connectivity index (χ0n) is 8.92. The van der Waals surface area contributed by atoms with Crippen molar-refractivity contribution < 1.29 is 0 Å². The summed E-state index contributed by atoms with van der Waals surface area (Å²) in [5.41, 5.74) is 7.15. The van der Waals surface area contributed by atoms with Crippen LogP contribution in [0, 0.1) is 0 Å². The number of hydrogen-bond donors (Lipinski definition) is 1. The largest absolute Gasteiger partial charge is 0.389 e. The second-order valence-corrected chi connectivity index (χ2v) is 5.33. The summed E-state index contributed by atoms with van der Waals surface area (Å²) in [4.78, 5) is 4.68. The molecule has 0 bridgehead atoms. The Hall–Kier alpha value is -0.570. The number of nitrogens with zero attached hydrogens (tertiary/aromatic N) is 1. The Morgan fingerprint density at radius 1 is 1.57 bits per heavy atom. The van der Waals surface area contributed by atoms with Crippen LogP contribution in [-0.2, 0) is 0 Å². The SMILES string of the molecule is CCCC(C)c1nc(C2CC2)sc1N. The number of nitrogen functional groups attached to an aromatic ring is 1. The predicted molar refractivity (Wildman–Crippen MR) is 61.8 cm³/mol. The molecule has 1 unspecified atom stereocenters. The third-order valence-corrected chi connectivity index (χ3v) is 3.88. The van der Waals surface area contributed by atoms with Crippen molar-refractivity contribution in [3.63, 3.8) is 0 Å². The van der Waals surface area contributed by atoms with Gasteiger partial charge in [-0.1, -0.05) is 20.3 Å². The molecule has 0 saturated heterocycles. The molecule has 3 heteroatoms. The van der Waals surface area contributed by atoms with E-state index in [1.807, 2.05) is 0 Å². The molecule has 0 aliphatic heterocycles. The fourth-order valence-corrected chi connectivity index (χ4v) is 2.91. The summed E-state index contributed by atoms with van der Waals surface area (Å²) in [6.45, 7) is 4.44. The lowest BCUT2D eigenvalue weighted by molar-refractivity contribution is 0.650. The van der Waals surface area contributed by atoms with Crippen LogP contribution in [0.1, 0.15) is 62.1 Å². The molecule has 1 saturated carbocycles. The highest BCUT2D eigenvalue weighted by Crippen LogP contribution is 2.44. The predicted octanol–water partition coefficient (Wildman–Crippen LogP) is 3.51. The molecule has 2 rings (SSSR count). The maximum absolute atomic E-state index is 5.99. The van der Waals surface area contributed by atoms with Crippen LogP contribution in [0.25, 0.3) is 0 Å². The fourth-order valence-electron chi connectivity index (χ4n) is 1.79. The van der Waals surface area contributed by atoms with Crippen LogP contribution >= 0.6 is 11.3 Å². The Balaban J connectivity index is 2.15. The van der Waals surface area contributed by atoms with Crippen LogP contribution in [-0.4, -0.2) is 4.98 Å². The van der Waals surface area contributed by atoms with Crippen molar-refractivity contribution >= 4 is 16.3 Å². The molecule has 1 fully saturated rings. The first-order valence-electron chi connectivity index (χ1n) is 5.48. The molecule has 0 spiro atoms. The third-order valence-electron chi connectivity index (χ3n) is 2.81. The molecule has 1 aliphatic rings. The van der Waals surface area contributed by atoms with Crippen molar-refractivity contribution in [2.45, 2.75) is 51.4 Å². The maximum Gasteiger partial charge on any atom is 0.110 e. The van der Waals surface area contributed by atoms with Gasteiger partial charge in [0.25, 0.3) is 0 Å². The molecular formula is C11H18N2S. The summed E-state index contributed by atoms with van der Waals surface area (Å²) < 4.78 is 0. The van der Waals surface area contributed by atoms with E-state index < -0.39 is 0 Å². The van der Waals surface area contributed by atoms with Crippen LogP contribution in [0.15, 0.2) is 0 Å². The van der Waals surface area contributed by atoms with E-state index in [9.17, 15) is 0 Å². The van der Waals surface area contributed by atoms with Gasteiger partial charge in [0, 0.05) is 11.8 Å². The number of hydrogen-bond acceptors (Lipinski definition) is 3. The van der Waals surface area contributed by atoms with Crippen LogP contribution < -0.4 is 5.73 Å². The summed E-state index contributed by atoms with van der Waals surface area (Å²) in [6.07, 6.45) is 5.03. The first-order valence-corrected chi connectivity index (χ1v) is 6.30. The highest BCUT2D eigenvalue weighted by atomic mass is 32.1. The van der Waals surface area contributed by atoms with E-state index in [1.165, 1.54) is 30.7 Å². The zero-order valence-corrected chi connectivity index (χ0v) is 9.73. The van der Waals surface area contributed by atoms with E-state index in [0.29, 0.717) is 5.92 Å². The molecule has 14 heavy (non-hydrogen) atoms. The standard InChI is InChI=1S/C11H18N2S/c1-3-4-7(2)9-10(12)14-11(13-9)8-5-6-8/h7-8H,3-6,12H2,1-2H3. The van der Waals surface area contributed by atoms with Crippen LogP contribution in [0.5, 0.6) is 0 Å². The Kier molecular flexibility index (Phi) is 2.77. The summed E-state index contributed by atoms with van der Waals surface area (Å²) >= 11 is 1.71. The topological polar surface area (TPSA) is 38.9 Å². The molecule has 0 amide bonds. The highest BCUT2D eigenvalue weighted by molar-refractivity contribution is 7.15. The molecule has 2 nitrogen and oxygen atoms in total. The van der Waals surface area contributed by atoms with Gasteiger partial charge in [-0.15, -0.1) is 11.3 Å². The number of anilines is 1. The van der Waals surface area contributed by atoms with Crippen molar-refractivity contribution in [3.05, 3.63) is 10.7 Å². The van der Waals surface area contributed by atoms with E-state index >= 15 is 0 Å². The van der Waals surface area contributed by atoms with Gasteiger partial charge in [-0.3, -0.25) is 0 Å². The number of nitrogens with two attached hydrogens (primary N) is 1. The van der Waals surface area contributed by atoms with Gasteiger partial charge in [0.1, 0.15) is 5.00 Å². The van der Waals surface area contributed by atoms with E-state index in [2.05, 4.69) is 18.8 Å². The average Bonchev–Trinajstić information content (AvgIpc) is 2.91. The molecule has 2 N–H and O–H groups in total. The van der Waals surface area contributed by atoms with E-state index in [1.54, 1.807) is 11.3 Å². The molecule has 1 aliphatic carbocycles. The lowest BCUT2D eigenvalue weighted by atomic mass is 10.0. The quantitative estimate of drug-likeness (QED) is 0.826.